The van der Waals surface area contributed by atoms with Gasteiger partial charge in [0.05, 0.1) is 98.9 Å². The molecule has 0 aromatic heterocycles. The minimum atomic E-state index is -1.56. The summed E-state index contributed by atoms with van der Waals surface area (Å²) in [6, 6.07) is 0. The van der Waals surface area contributed by atoms with E-state index in [4.69, 9.17) is 48.7 Å². The first-order chi connectivity index (χ1) is 16.6. The van der Waals surface area contributed by atoms with Crippen molar-refractivity contribution in [2.24, 2.45) is 5.73 Å². The van der Waals surface area contributed by atoms with Crippen LogP contribution < -0.4 is 5.73 Å². The van der Waals surface area contributed by atoms with E-state index >= 15 is 0 Å². The van der Waals surface area contributed by atoms with Gasteiger partial charge in [-0.2, -0.15) is 0 Å². The largest absolute Gasteiger partial charge is 0.476 e. The molecule has 0 saturated heterocycles. The Morgan fingerprint density at radius 2 is 0.824 bits per heavy atom. The number of carboxylic acid groups (broad SMARTS) is 1. The summed E-state index contributed by atoms with van der Waals surface area (Å²) in [5.41, 5.74) is 5.30. The summed E-state index contributed by atoms with van der Waals surface area (Å²) >= 11 is 0. The van der Waals surface area contributed by atoms with Crippen LogP contribution >= 0.6 is 0 Å². The molecule has 0 amide bonds. The third kappa shape index (κ3) is 24.9. The van der Waals surface area contributed by atoms with Crippen LogP contribution in [0.2, 0.25) is 0 Å². The summed E-state index contributed by atoms with van der Waals surface area (Å²) in [7, 11) is 0. The second-order valence-corrected chi connectivity index (χ2v) is 6.52. The Bertz CT molecular complexity index is 506. The first-order valence-electron chi connectivity index (χ1n) is 11.2. The highest BCUT2D eigenvalue weighted by Gasteiger charge is 2.14. The van der Waals surface area contributed by atoms with E-state index in [1.807, 2.05) is 0 Å². The van der Waals surface area contributed by atoms with Crippen LogP contribution in [-0.2, 0) is 52.3 Å². The molecule has 34 heavy (non-hydrogen) atoms. The standard InChI is InChI=1S/C21H39NO12/c22-3-4-27-5-6-28-7-8-29-9-10-30-11-12-31-13-14-32-15-16-33-17-18-34-20(24)2-1-19(23)21(25)26/h1-18,22H2,(H,25,26). The number of hydrogen-bond donors (Lipinski definition) is 2. The van der Waals surface area contributed by atoms with Crippen molar-refractivity contribution >= 4 is 17.7 Å². The van der Waals surface area contributed by atoms with Gasteiger partial charge in [0.15, 0.2) is 0 Å². The van der Waals surface area contributed by atoms with Crippen LogP contribution in [0.15, 0.2) is 0 Å². The lowest BCUT2D eigenvalue weighted by molar-refractivity contribution is -0.151. The van der Waals surface area contributed by atoms with Crippen LogP contribution in [0.25, 0.3) is 0 Å². The molecule has 0 aliphatic rings. The summed E-state index contributed by atoms with van der Waals surface area (Å²) in [5, 5.41) is 8.40. The quantitative estimate of drug-likeness (QED) is 0.0808. The van der Waals surface area contributed by atoms with Crippen molar-refractivity contribution in [3.8, 4) is 0 Å². The Hall–Kier alpha value is -1.71. The Kier molecular flexibility index (Phi) is 24.6. The zero-order chi connectivity index (χ0) is 25.1. The summed E-state index contributed by atoms with van der Waals surface area (Å²) < 4.78 is 42.0. The van der Waals surface area contributed by atoms with Crippen LogP contribution in [0.4, 0.5) is 0 Å². The average molecular weight is 498 g/mol. The molecular formula is C21H39NO12. The van der Waals surface area contributed by atoms with Crippen LogP contribution in [0.5, 0.6) is 0 Å². The van der Waals surface area contributed by atoms with Gasteiger partial charge in [0.1, 0.15) is 6.61 Å². The molecule has 0 radical (unpaired) electrons. The fourth-order valence-electron chi connectivity index (χ4n) is 2.11. The van der Waals surface area contributed by atoms with Gasteiger partial charge in [-0.15, -0.1) is 0 Å². The normalized spacial score (nSPS) is 11.0. The zero-order valence-corrected chi connectivity index (χ0v) is 19.7. The summed E-state index contributed by atoms with van der Waals surface area (Å²) in [6.45, 7) is 6.72. The van der Waals surface area contributed by atoms with Crippen molar-refractivity contribution in [3.63, 3.8) is 0 Å². The van der Waals surface area contributed by atoms with Gasteiger partial charge < -0.3 is 48.7 Å². The maximum Gasteiger partial charge on any atom is 0.372 e. The van der Waals surface area contributed by atoms with Gasteiger partial charge in [-0.1, -0.05) is 0 Å². The van der Waals surface area contributed by atoms with E-state index in [1.54, 1.807) is 0 Å². The van der Waals surface area contributed by atoms with Gasteiger partial charge >= 0.3 is 11.9 Å². The lowest BCUT2D eigenvalue weighted by Crippen LogP contribution is -2.17. The van der Waals surface area contributed by atoms with E-state index in [-0.39, 0.29) is 26.1 Å². The average Bonchev–Trinajstić information content (AvgIpc) is 2.82. The third-order valence-electron chi connectivity index (χ3n) is 3.78. The molecule has 0 spiro atoms. The van der Waals surface area contributed by atoms with Crippen molar-refractivity contribution in [3.05, 3.63) is 0 Å². The number of carboxylic acids is 1. The summed E-state index contributed by atoms with van der Waals surface area (Å²) in [5.74, 6) is -3.23. The Morgan fingerprint density at radius 3 is 1.15 bits per heavy atom. The molecule has 0 fully saturated rings. The molecule has 0 unspecified atom stereocenters. The summed E-state index contributed by atoms with van der Waals surface area (Å²) in [6.07, 6.45) is -0.648. The fraction of sp³-hybridized carbons (Fsp3) is 0.857. The molecule has 0 saturated carbocycles. The van der Waals surface area contributed by atoms with Gasteiger partial charge in [0.2, 0.25) is 5.78 Å². The van der Waals surface area contributed by atoms with Gasteiger partial charge in [-0.05, 0) is 0 Å². The smallest absolute Gasteiger partial charge is 0.372 e. The number of aliphatic carboxylic acids is 1. The highest BCUT2D eigenvalue weighted by atomic mass is 16.6. The maximum atomic E-state index is 11.3. The number of ketones is 1. The van der Waals surface area contributed by atoms with Crippen LogP contribution in [-0.4, -0.2) is 128 Å². The first kappa shape index (κ1) is 32.3. The molecule has 0 bridgehead atoms. The predicted octanol–water partition coefficient (Wildman–Crippen LogP) is -0.962. The van der Waals surface area contributed by atoms with Crippen molar-refractivity contribution in [1.29, 1.82) is 0 Å². The summed E-state index contributed by atoms with van der Waals surface area (Å²) in [4.78, 5) is 32.5. The Balaban J connectivity index is 3.14. The van der Waals surface area contributed by atoms with E-state index in [0.717, 1.165) is 0 Å². The number of nitrogens with two attached hydrogens (primary N) is 1. The second kappa shape index (κ2) is 25.9. The van der Waals surface area contributed by atoms with Crippen molar-refractivity contribution in [2.75, 3.05) is 106 Å². The molecule has 0 aromatic rings. The van der Waals surface area contributed by atoms with Crippen LogP contribution in [0.3, 0.4) is 0 Å². The minimum absolute atomic E-state index is 0.0209. The molecule has 200 valence electrons. The molecule has 0 rings (SSSR count). The van der Waals surface area contributed by atoms with Gasteiger partial charge in [0.25, 0.3) is 0 Å². The molecule has 13 heteroatoms. The highest BCUT2D eigenvalue weighted by molar-refractivity contribution is 6.32. The van der Waals surface area contributed by atoms with Gasteiger partial charge in [0, 0.05) is 13.0 Å². The molecule has 0 aliphatic carbocycles. The molecule has 0 aromatic carbocycles. The van der Waals surface area contributed by atoms with E-state index in [0.29, 0.717) is 92.4 Å². The minimum Gasteiger partial charge on any atom is -0.476 e. The number of carbonyl (C=O) groups excluding carboxylic acids is 2. The number of esters is 1. The van der Waals surface area contributed by atoms with E-state index < -0.39 is 17.7 Å². The molecule has 0 aliphatic heterocycles. The van der Waals surface area contributed by atoms with Gasteiger partial charge in [-0.3, -0.25) is 9.59 Å². The van der Waals surface area contributed by atoms with E-state index in [2.05, 4.69) is 0 Å². The lowest BCUT2D eigenvalue weighted by atomic mass is 10.2. The third-order valence-corrected chi connectivity index (χ3v) is 3.78. The lowest BCUT2D eigenvalue weighted by Gasteiger charge is -2.08. The Labute approximate surface area is 200 Å². The first-order valence-corrected chi connectivity index (χ1v) is 11.2. The molecule has 0 heterocycles. The van der Waals surface area contributed by atoms with Crippen LogP contribution in [0.1, 0.15) is 12.8 Å². The molecule has 13 nitrogen and oxygen atoms in total. The number of rotatable bonds is 27. The fourth-order valence-corrected chi connectivity index (χ4v) is 2.11. The SMILES string of the molecule is NCCOCCOCCOCCOCCOCCOCCOCCOC(=O)CCC(=O)C(=O)O. The maximum absolute atomic E-state index is 11.3. The Morgan fingerprint density at radius 1 is 0.500 bits per heavy atom. The van der Waals surface area contributed by atoms with Crippen molar-refractivity contribution in [2.45, 2.75) is 12.8 Å². The monoisotopic (exact) mass is 497 g/mol. The number of Topliss-reactive ketones (excluding diaryl/α,β-unsaturated/α-hetero) is 1. The topological polar surface area (TPSA) is 171 Å². The number of hydrogen-bond acceptors (Lipinski definition) is 12. The van der Waals surface area contributed by atoms with Crippen molar-refractivity contribution < 1.29 is 57.4 Å². The van der Waals surface area contributed by atoms with E-state index in [1.165, 1.54) is 0 Å². The second-order valence-electron chi connectivity index (χ2n) is 6.52. The van der Waals surface area contributed by atoms with E-state index in [9.17, 15) is 14.4 Å². The van der Waals surface area contributed by atoms with Crippen LogP contribution in [0, 0.1) is 0 Å². The zero-order valence-electron chi connectivity index (χ0n) is 19.7. The molecule has 0 atom stereocenters. The number of carbonyl (C=O) groups is 3. The van der Waals surface area contributed by atoms with Gasteiger partial charge in [-0.25, -0.2) is 4.79 Å². The van der Waals surface area contributed by atoms with Crippen molar-refractivity contribution in [1.82, 2.24) is 0 Å². The molecule has 3 N–H and O–H groups in total. The molecular weight excluding hydrogens is 458 g/mol. The highest BCUT2D eigenvalue weighted by Crippen LogP contribution is 1.95. The predicted molar refractivity (Wildman–Crippen MR) is 118 cm³/mol. The number of ether oxygens (including phenoxy) is 8.